The van der Waals surface area contributed by atoms with Gasteiger partial charge in [0.1, 0.15) is 17.4 Å². The monoisotopic (exact) mass is 412 g/mol. The summed E-state index contributed by atoms with van der Waals surface area (Å²) in [5, 5.41) is 12.2. The van der Waals surface area contributed by atoms with Crippen molar-refractivity contribution < 1.29 is 9.53 Å². The quantitative estimate of drug-likeness (QED) is 0.492. The van der Waals surface area contributed by atoms with E-state index < -0.39 is 5.91 Å². The van der Waals surface area contributed by atoms with Crippen LogP contribution in [0.25, 0.3) is 6.08 Å². The van der Waals surface area contributed by atoms with E-state index >= 15 is 0 Å². The molecule has 1 amide bonds. The molecule has 0 saturated heterocycles. The third kappa shape index (κ3) is 5.21. The van der Waals surface area contributed by atoms with Gasteiger partial charge in [0.15, 0.2) is 0 Å². The highest BCUT2D eigenvalue weighted by Gasteiger charge is 2.13. The summed E-state index contributed by atoms with van der Waals surface area (Å²) in [6, 6.07) is 15.0. The molecule has 0 aliphatic heterocycles. The Balaban J connectivity index is 2.19. The predicted molar refractivity (Wildman–Crippen MR) is 108 cm³/mol. The maximum absolute atomic E-state index is 12.5. The topological polar surface area (TPSA) is 62.1 Å². The summed E-state index contributed by atoms with van der Waals surface area (Å²) < 4.78 is 6.06. The Bertz CT molecular complexity index is 853. The number of nitrogens with one attached hydrogen (secondary N) is 1. The molecule has 2 rings (SSSR count). The molecule has 1 N–H and O–H groups in total. The van der Waals surface area contributed by atoms with Crippen molar-refractivity contribution in [2.75, 3.05) is 12.4 Å². The van der Waals surface area contributed by atoms with Crippen molar-refractivity contribution >= 4 is 33.6 Å². The fourth-order valence-corrected chi connectivity index (χ4v) is 3.00. The molecule has 0 spiro atoms. The van der Waals surface area contributed by atoms with Gasteiger partial charge in [-0.05, 0) is 58.6 Å². The van der Waals surface area contributed by atoms with Crippen molar-refractivity contribution in [2.24, 2.45) is 0 Å². The zero-order chi connectivity index (χ0) is 18.9. The van der Waals surface area contributed by atoms with Crippen molar-refractivity contribution in [1.82, 2.24) is 0 Å². The second-order valence-electron chi connectivity index (χ2n) is 5.78. The van der Waals surface area contributed by atoms with E-state index in [0.717, 1.165) is 23.7 Å². The van der Waals surface area contributed by atoms with Gasteiger partial charge in [0.25, 0.3) is 5.91 Å². The summed E-state index contributed by atoms with van der Waals surface area (Å²) in [6.07, 6.45) is 4.78. The van der Waals surface area contributed by atoms with E-state index in [0.29, 0.717) is 17.0 Å². The molecule has 2 aromatic carbocycles. The third-order valence-corrected chi connectivity index (χ3v) is 4.56. The standard InChI is InChI=1S/C21H21BrN2O2/c1-3-4-7-15-10-11-19(18(22)12-15)24-21(25)17(14-23)13-16-8-5-6-9-20(16)26-2/h5-6,8-13H,3-4,7H2,1-2H3,(H,24,25)/b17-13+. The number of amides is 1. The number of carbonyl (C=O) groups is 1. The lowest BCUT2D eigenvalue weighted by atomic mass is 10.1. The lowest BCUT2D eigenvalue weighted by Gasteiger charge is -2.09. The molecule has 134 valence electrons. The number of carbonyl (C=O) groups excluding carboxylic acids is 1. The van der Waals surface area contributed by atoms with Gasteiger partial charge in [0.2, 0.25) is 0 Å². The molecule has 2 aromatic rings. The van der Waals surface area contributed by atoms with Crippen molar-refractivity contribution in [2.45, 2.75) is 26.2 Å². The molecule has 0 bridgehead atoms. The average molecular weight is 413 g/mol. The van der Waals surface area contributed by atoms with Crippen LogP contribution in [-0.2, 0) is 11.2 Å². The Morgan fingerprint density at radius 1 is 1.31 bits per heavy atom. The Hall–Kier alpha value is -2.58. The number of para-hydroxylation sites is 1. The number of halogens is 1. The van der Waals surface area contributed by atoms with Crippen molar-refractivity contribution in [1.29, 1.82) is 5.26 Å². The van der Waals surface area contributed by atoms with E-state index in [9.17, 15) is 10.1 Å². The van der Waals surface area contributed by atoms with Crippen LogP contribution in [0.4, 0.5) is 5.69 Å². The van der Waals surface area contributed by atoms with E-state index in [-0.39, 0.29) is 5.57 Å². The number of benzene rings is 2. The molecule has 4 nitrogen and oxygen atoms in total. The number of hydrogen-bond donors (Lipinski definition) is 1. The number of nitrogens with zero attached hydrogens (tertiary/aromatic N) is 1. The number of rotatable bonds is 7. The summed E-state index contributed by atoms with van der Waals surface area (Å²) in [5.74, 6) is 0.148. The minimum absolute atomic E-state index is 0.0106. The summed E-state index contributed by atoms with van der Waals surface area (Å²) in [5.41, 5.74) is 2.53. The van der Waals surface area contributed by atoms with E-state index in [1.807, 2.05) is 36.4 Å². The van der Waals surface area contributed by atoms with Crippen LogP contribution >= 0.6 is 15.9 Å². The molecule has 0 radical (unpaired) electrons. The second-order valence-corrected chi connectivity index (χ2v) is 6.64. The third-order valence-electron chi connectivity index (χ3n) is 3.90. The van der Waals surface area contributed by atoms with Gasteiger partial charge >= 0.3 is 0 Å². The number of nitriles is 1. The minimum Gasteiger partial charge on any atom is -0.496 e. The fraction of sp³-hybridized carbons (Fsp3) is 0.238. The van der Waals surface area contributed by atoms with Crippen LogP contribution in [-0.4, -0.2) is 13.0 Å². The van der Waals surface area contributed by atoms with Crippen LogP contribution in [0.3, 0.4) is 0 Å². The molecule has 0 fully saturated rings. The number of ether oxygens (including phenoxy) is 1. The summed E-state index contributed by atoms with van der Waals surface area (Å²) in [7, 11) is 1.55. The van der Waals surface area contributed by atoms with Crippen LogP contribution < -0.4 is 10.1 Å². The largest absolute Gasteiger partial charge is 0.496 e. The maximum atomic E-state index is 12.5. The van der Waals surface area contributed by atoms with Crippen molar-refractivity contribution in [3.63, 3.8) is 0 Å². The first-order valence-corrected chi connectivity index (χ1v) is 9.23. The van der Waals surface area contributed by atoms with E-state index in [1.54, 1.807) is 19.2 Å². The lowest BCUT2D eigenvalue weighted by molar-refractivity contribution is -0.112. The number of aryl methyl sites for hydroxylation is 1. The average Bonchev–Trinajstić information content (AvgIpc) is 2.66. The molecule has 0 unspecified atom stereocenters. The predicted octanol–water partition coefficient (Wildman–Crippen LogP) is 5.35. The molecular weight excluding hydrogens is 392 g/mol. The van der Waals surface area contributed by atoms with Crippen molar-refractivity contribution in [3.8, 4) is 11.8 Å². The zero-order valence-electron chi connectivity index (χ0n) is 14.9. The number of anilines is 1. The molecular formula is C21H21BrN2O2. The Labute approximate surface area is 162 Å². The molecule has 0 saturated carbocycles. The first-order chi connectivity index (χ1) is 12.6. The summed E-state index contributed by atoms with van der Waals surface area (Å²) >= 11 is 3.49. The van der Waals surface area contributed by atoms with Gasteiger partial charge in [-0.25, -0.2) is 0 Å². The lowest BCUT2D eigenvalue weighted by Crippen LogP contribution is -2.14. The number of hydrogen-bond acceptors (Lipinski definition) is 3. The Morgan fingerprint density at radius 2 is 2.08 bits per heavy atom. The van der Waals surface area contributed by atoms with Crippen LogP contribution in [0.15, 0.2) is 52.5 Å². The molecule has 26 heavy (non-hydrogen) atoms. The van der Waals surface area contributed by atoms with Gasteiger partial charge in [-0.15, -0.1) is 0 Å². The van der Waals surface area contributed by atoms with Gasteiger partial charge in [-0.1, -0.05) is 37.6 Å². The fourth-order valence-electron chi connectivity index (χ4n) is 2.48. The SMILES string of the molecule is CCCCc1ccc(NC(=O)/C(C#N)=C/c2ccccc2OC)c(Br)c1. The minimum atomic E-state index is -0.458. The van der Waals surface area contributed by atoms with Gasteiger partial charge in [-0.3, -0.25) is 4.79 Å². The molecule has 0 aliphatic carbocycles. The van der Waals surface area contributed by atoms with E-state index in [2.05, 4.69) is 28.2 Å². The molecule has 0 atom stereocenters. The Kier molecular flexibility index (Phi) is 7.43. The van der Waals surface area contributed by atoms with E-state index in [4.69, 9.17) is 4.74 Å². The zero-order valence-corrected chi connectivity index (χ0v) is 16.5. The highest BCUT2D eigenvalue weighted by molar-refractivity contribution is 9.10. The highest BCUT2D eigenvalue weighted by atomic mass is 79.9. The molecule has 5 heteroatoms. The van der Waals surface area contributed by atoms with Crippen LogP contribution in [0.1, 0.15) is 30.9 Å². The van der Waals surface area contributed by atoms with Gasteiger partial charge in [-0.2, -0.15) is 5.26 Å². The molecule has 0 heterocycles. The number of unbranched alkanes of at least 4 members (excludes halogenated alkanes) is 1. The smallest absolute Gasteiger partial charge is 0.266 e. The van der Waals surface area contributed by atoms with Crippen LogP contribution in [0.5, 0.6) is 5.75 Å². The van der Waals surface area contributed by atoms with E-state index in [1.165, 1.54) is 11.6 Å². The molecule has 0 aromatic heterocycles. The second kappa shape index (κ2) is 9.79. The van der Waals surface area contributed by atoms with Gasteiger partial charge in [0, 0.05) is 10.0 Å². The van der Waals surface area contributed by atoms with Crippen LogP contribution in [0.2, 0.25) is 0 Å². The highest BCUT2D eigenvalue weighted by Crippen LogP contribution is 2.26. The Morgan fingerprint density at radius 3 is 2.73 bits per heavy atom. The van der Waals surface area contributed by atoms with Gasteiger partial charge < -0.3 is 10.1 Å². The van der Waals surface area contributed by atoms with Gasteiger partial charge in [0.05, 0.1) is 12.8 Å². The molecule has 0 aliphatic rings. The normalized spacial score (nSPS) is 10.9. The summed E-state index contributed by atoms with van der Waals surface area (Å²) in [4.78, 5) is 12.5. The number of methoxy groups -OCH3 is 1. The first kappa shape index (κ1) is 19.7. The maximum Gasteiger partial charge on any atom is 0.266 e. The van der Waals surface area contributed by atoms with Crippen LogP contribution in [0, 0.1) is 11.3 Å². The first-order valence-electron chi connectivity index (χ1n) is 8.43. The van der Waals surface area contributed by atoms with Crippen molar-refractivity contribution in [3.05, 3.63) is 63.6 Å². The summed E-state index contributed by atoms with van der Waals surface area (Å²) in [6.45, 7) is 2.15.